The molecule has 2 aromatic rings. The first kappa shape index (κ1) is 19.5. The number of aliphatic imine (C=N–C) groups is 1. The molecule has 0 aliphatic carbocycles. The minimum absolute atomic E-state index is 0.0639. The van der Waals surface area contributed by atoms with Crippen LogP contribution < -0.4 is 4.90 Å². The number of nitrogens with zero attached hydrogens (tertiary/aromatic N) is 2. The second kappa shape index (κ2) is 7.89. The van der Waals surface area contributed by atoms with E-state index in [1.54, 1.807) is 12.1 Å². The fourth-order valence-electron chi connectivity index (χ4n) is 3.55. The Bertz CT molecular complexity index is 1020. The summed E-state index contributed by atoms with van der Waals surface area (Å²) in [5.74, 6) is -0.0356. The van der Waals surface area contributed by atoms with Crippen molar-refractivity contribution >= 4 is 50.0 Å². The molecule has 28 heavy (non-hydrogen) atoms. The number of fused-ring (bicyclic) bond motifs is 1. The van der Waals surface area contributed by atoms with Crippen LogP contribution in [-0.2, 0) is 21.1 Å². The molecule has 0 N–H and O–H groups in total. The van der Waals surface area contributed by atoms with Crippen LogP contribution in [0.1, 0.15) is 12.0 Å². The Morgan fingerprint density at radius 2 is 1.93 bits per heavy atom. The number of carbonyl (C=O) groups is 1. The zero-order valence-corrected chi connectivity index (χ0v) is 17.4. The number of hydrogen-bond acceptors (Lipinski definition) is 4. The standard InChI is InChI=1S/C20H19ClN2O3S2/c21-15-7-4-8-16(11-15)23-17-12-28(25,26)13-18(17)27-20(23)22-19(24)10-9-14-5-2-1-3-6-14/h1-8,11,17-18H,9-10,12-13H2/t17-,18+/m1/s1. The average molecular weight is 435 g/mol. The monoisotopic (exact) mass is 434 g/mol. The van der Waals surface area contributed by atoms with E-state index < -0.39 is 9.84 Å². The Labute approximate surface area is 173 Å². The number of rotatable bonds is 4. The van der Waals surface area contributed by atoms with Crippen LogP contribution in [0.4, 0.5) is 5.69 Å². The first-order chi connectivity index (χ1) is 13.4. The van der Waals surface area contributed by atoms with E-state index in [1.807, 2.05) is 47.4 Å². The third kappa shape index (κ3) is 4.26. The smallest absolute Gasteiger partial charge is 0.248 e. The summed E-state index contributed by atoms with van der Waals surface area (Å²) >= 11 is 7.51. The van der Waals surface area contributed by atoms with Gasteiger partial charge in [-0.05, 0) is 30.2 Å². The Balaban J connectivity index is 1.58. The number of carbonyl (C=O) groups excluding carboxylic acids is 1. The maximum atomic E-state index is 12.5. The molecule has 0 radical (unpaired) electrons. The van der Waals surface area contributed by atoms with Crippen molar-refractivity contribution in [2.75, 3.05) is 16.4 Å². The number of amidine groups is 1. The summed E-state index contributed by atoms with van der Waals surface area (Å²) in [5, 5.41) is 0.997. The molecule has 2 aliphatic rings. The molecule has 0 unspecified atom stereocenters. The number of amides is 1. The molecule has 146 valence electrons. The van der Waals surface area contributed by atoms with Gasteiger partial charge in [-0.25, -0.2) is 8.42 Å². The largest absolute Gasteiger partial charge is 0.316 e. The molecule has 8 heteroatoms. The lowest BCUT2D eigenvalue weighted by atomic mass is 10.1. The van der Waals surface area contributed by atoms with Gasteiger partial charge in [0, 0.05) is 22.4 Å². The highest BCUT2D eigenvalue weighted by Gasteiger charge is 2.49. The highest BCUT2D eigenvalue weighted by molar-refractivity contribution is 8.16. The van der Waals surface area contributed by atoms with Crippen molar-refractivity contribution < 1.29 is 13.2 Å². The molecule has 2 atom stereocenters. The van der Waals surface area contributed by atoms with Crippen molar-refractivity contribution in [3.63, 3.8) is 0 Å². The maximum Gasteiger partial charge on any atom is 0.248 e. The van der Waals surface area contributed by atoms with Gasteiger partial charge in [-0.15, -0.1) is 0 Å². The molecule has 2 aromatic carbocycles. The molecular formula is C20H19ClN2O3S2. The van der Waals surface area contributed by atoms with E-state index >= 15 is 0 Å². The number of halogens is 1. The first-order valence-corrected chi connectivity index (χ1v) is 12.1. The van der Waals surface area contributed by atoms with Crippen molar-refractivity contribution in [1.82, 2.24) is 0 Å². The molecular weight excluding hydrogens is 416 g/mol. The molecule has 0 bridgehead atoms. The van der Waals surface area contributed by atoms with E-state index in [1.165, 1.54) is 11.8 Å². The van der Waals surface area contributed by atoms with Crippen LogP contribution in [0.5, 0.6) is 0 Å². The Morgan fingerprint density at radius 3 is 2.68 bits per heavy atom. The molecule has 2 saturated heterocycles. The quantitative estimate of drug-likeness (QED) is 0.735. The summed E-state index contributed by atoms with van der Waals surface area (Å²) in [6.07, 6.45) is 0.935. The summed E-state index contributed by atoms with van der Waals surface area (Å²) < 4.78 is 24.2. The highest BCUT2D eigenvalue weighted by Crippen LogP contribution is 2.41. The van der Waals surface area contributed by atoms with Gasteiger partial charge in [-0.3, -0.25) is 4.79 Å². The topological polar surface area (TPSA) is 66.8 Å². The molecule has 4 rings (SSSR count). The fourth-order valence-corrected chi connectivity index (χ4v) is 7.67. The third-order valence-corrected chi connectivity index (χ3v) is 8.29. The average Bonchev–Trinajstić information content (AvgIpc) is 3.11. The van der Waals surface area contributed by atoms with Crippen LogP contribution in [0, 0.1) is 0 Å². The van der Waals surface area contributed by atoms with Crippen molar-refractivity contribution in [1.29, 1.82) is 0 Å². The predicted octanol–water partition coefficient (Wildman–Crippen LogP) is 3.57. The number of hydrogen-bond donors (Lipinski definition) is 0. The second-order valence-corrected chi connectivity index (χ2v) is 10.7. The van der Waals surface area contributed by atoms with Crippen LogP contribution in [0.15, 0.2) is 59.6 Å². The highest BCUT2D eigenvalue weighted by atomic mass is 35.5. The van der Waals surface area contributed by atoms with Crippen LogP contribution in [0.3, 0.4) is 0 Å². The van der Waals surface area contributed by atoms with Gasteiger partial charge in [0.15, 0.2) is 15.0 Å². The van der Waals surface area contributed by atoms with Gasteiger partial charge in [0.25, 0.3) is 0 Å². The number of anilines is 1. The molecule has 0 saturated carbocycles. The number of sulfone groups is 1. The summed E-state index contributed by atoms with van der Waals surface area (Å²) in [5.41, 5.74) is 1.85. The lowest BCUT2D eigenvalue weighted by Crippen LogP contribution is -2.37. The molecule has 5 nitrogen and oxygen atoms in total. The van der Waals surface area contributed by atoms with Gasteiger partial charge < -0.3 is 4.90 Å². The van der Waals surface area contributed by atoms with E-state index in [2.05, 4.69) is 4.99 Å². The zero-order chi connectivity index (χ0) is 19.7. The third-order valence-electron chi connectivity index (χ3n) is 4.84. The minimum Gasteiger partial charge on any atom is -0.316 e. The van der Waals surface area contributed by atoms with E-state index in [0.717, 1.165) is 11.3 Å². The molecule has 2 aliphatic heterocycles. The lowest BCUT2D eigenvalue weighted by Gasteiger charge is -2.24. The second-order valence-electron chi connectivity index (χ2n) is 6.92. The van der Waals surface area contributed by atoms with Crippen LogP contribution in [0.2, 0.25) is 5.02 Å². The van der Waals surface area contributed by atoms with Gasteiger partial charge in [0.05, 0.1) is 17.5 Å². The first-order valence-electron chi connectivity index (χ1n) is 8.99. The maximum absolute atomic E-state index is 12.5. The van der Waals surface area contributed by atoms with Crippen molar-refractivity contribution in [2.24, 2.45) is 4.99 Å². The van der Waals surface area contributed by atoms with Crippen molar-refractivity contribution in [3.8, 4) is 0 Å². The van der Waals surface area contributed by atoms with E-state index in [4.69, 9.17) is 11.6 Å². The summed E-state index contributed by atoms with van der Waals surface area (Å²) in [4.78, 5) is 18.7. The zero-order valence-electron chi connectivity index (χ0n) is 15.0. The van der Waals surface area contributed by atoms with Crippen LogP contribution >= 0.6 is 23.4 Å². The number of thioether (sulfide) groups is 1. The van der Waals surface area contributed by atoms with Crippen LogP contribution in [-0.4, -0.2) is 42.3 Å². The summed E-state index contributed by atoms with van der Waals surface area (Å²) in [6.45, 7) is 0. The van der Waals surface area contributed by atoms with Gasteiger partial charge in [0.1, 0.15) is 0 Å². The molecule has 1 amide bonds. The predicted molar refractivity (Wildman–Crippen MR) is 115 cm³/mol. The van der Waals surface area contributed by atoms with E-state index in [-0.39, 0.29) is 28.7 Å². The summed E-state index contributed by atoms with van der Waals surface area (Å²) in [6, 6.07) is 16.8. The molecule has 2 fully saturated rings. The molecule has 0 spiro atoms. The van der Waals surface area contributed by atoms with E-state index in [9.17, 15) is 13.2 Å². The van der Waals surface area contributed by atoms with Crippen LogP contribution in [0.25, 0.3) is 0 Å². The summed E-state index contributed by atoms with van der Waals surface area (Å²) in [7, 11) is -3.09. The molecule has 0 aromatic heterocycles. The Kier molecular flexibility index (Phi) is 5.49. The fraction of sp³-hybridized carbons (Fsp3) is 0.300. The lowest BCUT2D eigenvalue weighted by molar-refractivity contribution is -0.117. The van der Waals surface area contributed by atoms with Gasteiger partial charge in [-0.2, -0.15) is 4.99 Å². The Hall–Kier alpha value is -1.83. The Morgan fingerprint density at radius 1 is 1.14 bits per heavy atom. The van der Waals surface area contributed by atoms with Gasteiger partial charge in [-0.1, -0.05) is 59.8 Å². The molecule has 2 heterocycles. The minimum atomic E-state index is -3.09. The normalized spacial score (nSPS) is 24.5. The van der Waals surface area contributed by atoms with Crippen molar-refractivity contribution in [2.45, 2.75) is 24.1 Å². The van der Waals surface area contributed by atoms with Gasteiger partial charge in [0.2, 0.25) is 5.91 Å². The SMILES string of the molecule is O=C(CCc1ccccc1)N=C1S[C@H]2CS(=O)(=O)C[C@H]2N1c1cccc(Cl)c1. The van der Waals surface area contributed by atoms with Gasteiger partial charge >= 0.3 is 0 Å². The van der Waals surface area contributed by atoms with E-state index in [0.29, 0.717) is 23.0 Å². The number of aryl methyl sites for hydroxylation is 1. The van der Waals surface area contributed by atoms with Crippen molar-refractivity contribution in [3.05, 3.63) is 65.2 Å². The number of benzene rings is 2.